The first kappa shape index (κ1) is 22.8. The summed E-state index contributed by atoms with van der Waals surface area (Å²) in [6, 6.07) is 14.4. The summed E-state index contributed by atoms with van der Waals surface area (Å²) in [7, 11) is -1.65. The van der Waals surface area contributed by atoms with E-state index in [9.17, 15) is 13.2 Å². The van der Waals surface area contributed by atoms with Crippen LogP contribution in [0.2, 0.25) is 5.02 Å². The zero-order valence-corrected chi connectivity index (χ0v) is 19.0. The van der Waals surface area contributed by atoms with E-state index in [1.54, 1.807) is 28.4 Å². The summed E-state index contributed by atoms with van der Waals surface area (Å²) in [5.74, 6) is 0.0474. The van der Waals surface area contributed by atoms with Crippen molar-refractivity contribution in [3.63, 3.8) is 0 Å². The van der Waals surface area contributed by atoms with Crippen LogP contribution in [0.1, 0.15) is 43.2 Å². The molecule has 0 unspecified atom stereocenters. The highest BCUT2D eigenvalue weighted by molar-refractivity contribution is 7.89. The van der Waals surface area contributed by atoms with Crippen LogP contribution in [0.15, 0.2) is 53.4 Å². The lowest BCUT2D eigenvalue weighted by molar-refractivity contribution is -0.130. The van der Waals surface area contributed by atoms with Gasteiger partial charge in [-0.25, -0.2) is 8.42 Å². The van der Waals surface area contributed by atoms with Gasteiger partial charge >= 0.3 is 0 Å². The molecule has 5 nitrogen and oxygen atoms in total. The molecule has 3 rings (SSSR count). The Labute approximate surface area is 184 Å². The SMILES string of the molecule is CN(Cc1ccc(Cl)cc1)C(=O)CCc1ccc(S(=O)(=O)N2CCCCCC2)cc1. The molecule has 1 saturated heterocycles. The van der Waals surface area contributed by atoms with Crippen LogP contribution in [-0.4, -0.2) is 43.7 Å². The maximum atomic E-state index is 12.9. The van der Waals surface area contributed by atoms with Crippen molar-refractivity contribution >= 4 is 27.5 Å². The molecule has 1 aliphatic heterocycles. The van der Waals surface area contributed by atoms with Crippen molar-refractivity contribution in [1.82, 2.24) is 9.21 Å². The summed E-state index contributed by atoms with van der Waals surface area (Å²) in [6.07, 6.45) is 4.97. The summed E-state index contributed by atoms with van der Waals surface area (Å²) >= 11 is 5.90. The Hall–Kier alpha value is -1.89. The fourth-order valence-electron chi connectivity index (χ4n) is 3.65. The van der Waals surface area contributed by atoms with Crippen LogP contribution in [0.4, 0.5) is 0 Å². The van der Waals surface area contributed by atoms with E-state index in [2.05, 4.69) is 0 Å². The highest BCUT2D eigenvalue weighted by atomic mass is 35.5. The fraction of sp³-hybridized carbons (Fsp3) is 0.435. The molecular weight excluding hydrogens is 420 g/mol. The number of amides is 1. The van der Waals surface area contributed by atoms with Gasteiger partial charge in [-0.1, -0.05) is 48.7 Å². The van der Waals surface area contributed by atoms with Gasteiger partial charge in [-0.3, -0.25) is 4.79 Å². The molecule has 2 aromatic rings. The molecule has 0 N–H and O–H groups in total. The van der Waals surface area contributed by atoms with E-state index in [0.29, 0.717) is 42.4 Å². The molecule has 7 heteroatoms. The van der Waals surface area contributed by atoms with E-state index in [0.717, 1.165) is 36.8 Å². The van der Waals surface area contributed by atoms with Crippen LogP contribution < -0.4 is 0 Å². The summed E-state index contributed by atoms with van der Waals surface area (Å²) in [5, 5.41) is 0.675. The van der Waals surface area contributed by atoms with Crippen LogP contribution in [0, 0.1) is 0 Å². The van der Waals surface area contributed by atoms with Crippen molar-refractivity contribution in [3.8, 4) is 0 Å². The third-order valence-electron chi connectivity index (χ3n) is 5.51. The van der Waals surface area contributed by atoms with Gasteiger partial charge in [-0.15, -0.1) is 0 Å². The summed E-state index contributed by atoms with van der Waals surface area (Å²) < 4.78 is 27.3. The Bertz CT molecular complexity index is 935. The molecular formula is C23H29ClN2O3S. The highest BCUT2D eigenvalue weighted by Crippen LogP contribution is 2.21. The first-order valence-corrected chi connectivity index (χ1v) is 12.3. The molecule has 30 heavy (non-hydrogen) atoms. The predicted octanol–water partition coefficient (Wildman–Crippen LogP) is 4.50. The number of carbonyl (C=O) groups is 1. The van der Waals surface area contributed by atoms with Gasteiger partial charge in [0.05, 0.1) is 4.90 Å². The van der Waals surface area contributed by atoms with Crippen molar-refractivity contribution in [2.75, 3.05) is 20.1 Å². The lowest BCUT2D eigenvalue weighted by Gasteiger charge is -2.20. The summed E-state index contributed by atoms with van der Waals surface area (Å²) in [4.78, 5) is 14.5. The summed E-state index contributed by atoms with van der Waals surface area (Å²) in [5.41, 5.74) is 1.98. The first-order valence-electron chi connectivity index (χ1n) is 10.4. The molecule has 0 spiro atoms. The number of rotatable bonds is 7. The number of sulfonamides is 1. The minimum Gasteiger partial charge on any atom is -0.341 e. The van der Waals surface area contributed by atoms with Gasteiger partial charge < -0.3 is 4.90 Å². The number of benzene rings is 2. The molecule has 0 radical (unpaired) electrons. The maximum absolute atomic E-state index is 12.9. The van der Waals surface area contributed by atoms with Gasteiger partial charge in [-0.05, 0) is 54.7 Å². The van der Waals surface area contributed by atoms with Crippen LogP contribution in [0.3, 0.4) is 0 Å². The normalized spacial score (nSPS) is 15.5. The minimum atomic E-state index is -3.44. The molecule has 0 aliphatic carbocycles. The fourth-order valence-corrected chi connectivity index (χ4v) is 5.30. The predicted molar refractivity (Wildman–Crippen MR) is 120 cm³/mol. The van der Waals surface area contributed by atoms with E-state index in [1.807, 2.05) is 36.4 Å². The van der Waals surface area contributed by atoms with Gasteiger partial charge in [-0.2, -0.15) is 4.31 Å². The van der Waals surface area contributed by atoms with Gasteiger partial charge in [0, 0.05) is 38.1 Å². The van der Waals surface area contributed by atoms with E-state index in [-0.39, 0.29) is 5.91 Å². The molecule has 2 aromatic carbocycles. The summed E-state index contributed by atoms with van der Waals surface area (Å²) in [6.45, 7) is 1.72. The molecule has 1 amide bonds. The first-order chi connectivity index (χ1) is 14.4. The second kappa shape index (κ2) is 10.4. The van der Waals surface area contributed by atoms with Gasteiger partial charge in [0.2, 0.25) is 15.9 Å². The molecule has 162 valence electrons. The third kappa shape index (κ3) is 6.06. The monoisotopic (exact) mass is 448 g/mol. The van der Waals surface area contributed by atoms with Crippen LogP contribution in [0.5, 0.6) is 0 Å². The van der Waals surface area contributed by atoms with Crippen molar-refractivity contribution in [2.24, 2.45) is 0 Å². The number of halogens is 1. The average molecular weight is 449 g/mol. The van der Waals surface area contributed by atoms with Crippen LogP contribution in [-0.2, 0) is 27.8 Å². The largest absolute Gasteiger partial charge is 0.341 e. The van der Waals surface area contributed by atoms with Gasteiger partial charge in [0.1, 0.15) is 0 Å². The zero-order valence-electron chi connectivity index (χ0n) is 17.4. The van der Waals surface area contributed by atoms with E-state index in [4.69, 9.17) is 11.6 Å². The Morgan fingerprint density at radius 2 is 1.50 bits per heavy atom. The molecule has 1 heterocycles. The molecule has 0 aromatic heterocycles. The molecule has 0 saturated carbocycles. The lowest BCUT2D eigenvalue weighted by atomic mass is 10.1. The quantitative estimate of drug-likeness (QED) is 0.626. The number of aryl methyl sites for hydroxylation is 1. The third-order valence-corrected chi connectivity index (χ3v) is 7.68. The zero-order chi connectivity index (χ0) is 21.6. The second-order valence-electron chi connectivity index (χ2n) is 7.84. The molecule has 1 fully saturated rings. The van der Waals surface area contributed by atoms with Gasteiger partial charge in [0.25, 0.3) is 0 Å². The van der Waals surface area contributed by atoms with E-state index in [1.165, 1.54) is 0 Å². The topological polar surface area (TPSA) is 57.7 Å². The molecule has 0 atom stereocenters. The Kier molecular flexibility index (Phi) is 7.92. The molecule has 1 aliphatic rings. The van der Waals surface area contributed by atoms with Crippen molar-refractivity contribution in [1.29, 1.82) is 0 Å². The minimum absolute atomic E-state index is 0.0474. The Morgan fingerprint density at radius 1 is 0.933 bits per heavy atom. The lowest BCUT2D eigenvalue weighted by Crippen LogP contribution is -2.31. The number of carbonyl (C=O) groups excluding carboxylic acids is 1. The van der Waals surface area contributed by atoms with Crippen molar-refractivity contribution < 1.29 is 13.2 Å². The van der Waals surface area contributed by atoms with E-state index < -0.39 is 10.0 Å². The highest BCUT2D eigenvalue weighted by Gasteiger charge is 2.24. The van der Waals surface area contributed by atoms with Crippen LogP contribution >= 0.6 is 11.6 Å². The van der Waals surface area contributed by atoms with Crippen LogP contribution in [0.25, 0.3) is 0 Å². The second-order valence-corrected chi connectivity index (χ2v) is 10.2. The van der Waals surface area contributed by atoms with Gasteiger partial charge in [0.15, 0.2) is 0 Å². The number of hydrogen-bond acceptors (Lipinski definition) is 3. The number of nitrogens with zero attached hydrogens (tertiary/aromatic N) is 2. The Balaban J connectivity index is 1.54. The standard InChI is InChI=1S/C23H29ClN2O3S/c1-25(18-20-6-11-21(24)12-7-20)23(27)15-10-19-8-13-22(14-9-19)30(28,29)26-16-4-2-3-5-17-26/h6-9,11-14H,2-5,10,15-18H2,1H3. The van der Waals surface area contributed by atoms with Crippen molar-refractivity contribution in [2.45, 2.75) is 50.0 Å². The Morgan fingerprint density at radius 3 is 2.10 bits per heavy atom. The average Bonchev–Trinajstić information content (AvgIpc) is 3.04. The smallest absolute Gasteiger partial charge is 0.243 e. The molecule has 0 bridgehead atoms. The van der Waals surface area contributed by atoms with E-state index >= 15 is 0 Å². The number of hydrogen-bond donors (Lipinski definition) is 0. The van der Waals surface area contributed by atoms with Crippen molar-refractivity contribution in [3.05, 3.63) is 64.7 Å². The maximum Gasteiger partial charge on any atom is 0.243 e.